The molecule has 0 radical (unpaired) electrons. The van der Waals surface area contributed by atoms with Crippen LogP contribution >= 0.6 is 0 Å². The zero-order valence-corrected chi connectivity index (χ0v) is 10.7. The zero-order valence-electron chi connectivity index (χ0n) is 10.7. The Kier molecular flexibility index (Phi) is 3.50. The highest BCUT2D eigenvalue weighted by molar-refractivity contribution is 5.78. The molecular weight excluding hydrogens is 216 g/mol. The molecule has 3 atom stereocenters. The molecule has 1 N–H and O–H groups in total. The molecule has 0 aromatic carbocycles. The molecule has 0 saturated heterocycles. The van der Waals surface area contributed by atoms with Crippen molar-refractivity contribution in [3.8, 4) is 0 Å². The number of aromatic amines is 1. The first-order valence-corrected chi connectivity index (χ1v) is 6.33. The van der Waals surface area contributed by atoms with Gasteiger partial charge in [-0.3, -0.25) is 9.89 Å². The quantitative estimate of drug-likeness (QED) is 0.631. The van der Waals surface area contributed by atoms with Crippen LogP contribution in [0.3, 0.4) is 0 Å². The van der Waals surface area contributed by atoms with Crippen LogP contribution < -0.4 is 0 Å². The predicted molar refractivity (Wildman–Crippen MR) is 64.6 cm³/mol. The summed E-state index contributed by atoms with van der Waals surface area (Å²) in [7, 11) is 0. The molecule has 1 heterocycles. The number of rotatable bonds is 5. The fourth-order valence-corrected chi connectivity index (χ4v) is 2.41. The monoisotopic (exact) mass is 236 g/mol. The largest absolute Gasteiger partial charge is 0.465 e. The maximum absolute atomic E-state index is 11.9. The number of aromatic nitrogens is 2. The second-order valence-corrected chi connectivity index (χ2v) is 4.88. The third-order valence-corrected chi connectivity index (χ3v) is 3.62. The second-order valence-electron chi connectivity index (χ2n) is 4.88. The van der Waals surface area contributed by atoms with Crippen LogP contribution in [-0.4, -0.2) is 22.8 Å². The van der Waals surface area contributed by atoms with Gasteiger partial charge >= 0.3 is 5.97 Å². The predicted octanol–water partition coefficient (Wildman–Crippen LogP) is 2.41. The van der Waals surface area contributed by atoms with Crippen molar-refractivity contribution in [1.82, 2.24) is 10.2 Å². The van der Waals surface area contributed by atoms with Gasteiger partial charge in [0.2, 0.25) is 0 Å². The van der Waals surface area contributed by atoms with E-state index < -0.39 is 0 Å². The van der Waals surface area contributed by atoms with Crippen LogP contribution in [0.4, 0.5) is 0 Å². The summed E-state index contributed by atoms with van der Waals surface area (Å²) in [5.74, 6) is 0.656. The lowest BCUT2D eigenvalue weighted by molar-refractivity contribution is -0.145. The van der Waals surface area contributed by atoms with E-state index in [0.29, 0.717) is 18.4 Å². The lowest BCUT2D eigenvalue weighted by atomic mass is 10.1. The normalized spacial score (nSPS) is 26.9. The summed E-state index contributed by atoms with van der Waals surface area (Å²) in [5.41, 5.74) is 2.22. The van der Waals surface area contributed by atoms with E-state index in [-0.39, 0.29) is 11.9 Å². The minimum absolute atomic E-state index is 0.0307. The molecule has 1 aromatic rings. The van der Waals surface area contributed by atoms with Gasteiger partial charge in [0.05, 0.1) is 18.7 Å². The molecule has 1 saturated carbocycles. The fourth-order valence-electron chi connectivity index (χ4n) is 2.41. The average molecular weight is 236 g/mol. The van der Waals surface area contributed by atoms with E-state index in [1.807, 2.05) is 13.1 Å². The smallest absolute Gasteiger partial charge is 0.309 e. The highest BCUT2D eigenvalue weighted by Gasteiger charge is 2.54. The third kappa shape index (κ3) is 2.35. The van der Waals surface area contributed by atoms with Gasteiger partial charge in [0, 0.05) is 11.6 Å². The summed E-state index contributed by atoms with van der Waals surface area (Å²) < 4.78 is 5.28. The van der Waals surface area contributed by atoms with E-state index in [1.54, 1.807) is 0 Å². The number of hydrogen-bond acceptors (Lipinski definition) is 3. The minimum atomic E-state index is -0.0449. The Morgan fingerprint density at radius 3 is 2.94 bits per heavy atom. The van der Waals surface area contributed by atoms with Gasteiger partial charge in [-0.15, -0.1) is 0 Å². The van der Waals surface area contributed by atoms with E-state index in [1.165, 1.54) is 0 Å². The average Bonchev–Trinajstić information content (AvgIpc) is 2.76. The summed E-state index contributed by atoms with van der Waals surface area (Å²) in [4.78, 5) is 11.9. The van der Waals surface area contributed by atoms with Crippen LogP contribution in [0.25, 0.3) is 0 Å². The first kappa shape index (κ1) is 12.1. The molecule has 17 heavy (non-hydrogen) atoms. The van der Waals surface area contributed by atoms with Crippen molar-refractivity contribution in [3.63, 3.8) is 0 Å². The number of nitrogens with one attached hydrogen (secondary N) is 1. The van der Waals surface area contributed by atoms with Crippen molar-refractivity contribution in [2.75, 3.05) is 6.61 Å². The fraction of sp³-hybridized carbons (Fsp3) is 0.692. The van der Waals surface area contributed by atoms with Gasteiger partial charge in [0.1, 0.15) is 0 Å². The van der Waals surface area contributed by atoms with Crippen molar-refractivity contribution >= 4 is 5.97 Å². The first-order valence-electron chi connectivity index (χ1n) is 6.33. The summed E-state index contributed by atoms with van der Waals surface area (Å²) >= 11 is 0. The lowest BCUT2D eigenvalue weighted by Crippen LogP contribution is -2.09. The summed E-state index contributed by atoms with van der Waals surface area (Å²) in [6.45, 7) is 6.73. The molecule has 1 fully saturated rings. The van der Waals surface area contributed by atoms with Gasteiger partial charge in [0.25, 0.3) is 0 Å². The topological polar surface area (TPSA) is 55.0 Å². The first-order chi connectivity index (χ1) is 8.16. The molecule has 0 aliphatic heterocycles. The van der Waals surface area contributed by atoms with Crippen LogP contribution in [0.15, 0.2) is 6.20 Å². The van der Waals surface area contributed by atoms with Gasteiger partial charge in [-0.05, 0) is 24.8 Å². The van der Waals surface area contributed by atoms with E-state index in [9.17, 15) is 4.79 Å². The van der Waals surface area contributed by atoms with Crippen LogP contribution in [0, 0.1) is 18.8 Å². The Labute approximate surface area is 102 Å². The molecule has 2 rings (SSSR count). The molecule has 94 valence electrons. The summed E-state index contributed by atoms with van der Waals surface area (Å²) in [6, 6.07) is 0. The van der Waals surface area contributed by atoms with Crippen LogP contribution in [0.5, 0.6) is 0 Å². The van der Waals surface area contributed by atoms with Gasteiger partial charge in [0.15, 0.2) is 0 Å². The Hall–Kier alpha value is -1.32. The minimum Gasteiger partial charge on any atom is -0.465 e. The lowest BCUT2D eigenvalue weighted by Gasteiger charge is -2.02. The Morgan fingerprint density at radius 1 is 1.59 bits per heavy atom. The molecule has 0 amide bonds. The summed E-state index contributed by atoms with van der Waals surface area (Å²) in [6.07, 6.45) is 3.83. The number of esters is 1. The molecule has 3 unspecified atom stereocenters. The number of carbonyl (C=O) groups excluding carboxylic acids is 1. The number of nitrogens with zero attached hydrogens (tertiary/aromatic N) is 1. The number of aryl methyl sites for hydroxylation is 1. The van der Waals surface area contributed by atoms with E-state index >= 15 is 0 Å². The number of ether oxygens (including phenoxy) is 1. The van der Waals surface area contributed by atoms with Crippen LogP contribution in [-0.2, 0) is 9.53 Å². The van der Waals surface area contributed by atoms with E-state index in [4.69, 9.17) is 4.74 Å². The molecule has 4 nitrogen and oxygen atoms in total. The van der Waals surface area contributed by atoms with Gasteiger partial charge in [-0.2, -0.15) is 5.10 Å². The molecular formula is C13H20N2O2. The van der Waals surface area contributed by atoms with Crippen LogP contribution in [0.2, 0.25) is 0 Å². The number of carbonyl (C=O) groups is 1. The van der Waals surface area contributed by atoms with E-state index in [0.717, 1.165) is 24.1 Å². The molecule has 1 aliphatic carbocycles. The second kappa shape index (κ2) is 4.90. The molecule has 0 spiro atoms. The molecule has 1 aromatic heterocycles. The zero-order chi connectivity index (χ0) is 12.4. The standard InChI is InChI=1S/C13H20N2O2/c1-4-5-6-17-13(16)12-8(2)11(12)10-7-14-15-9(10)3/h7-8,11-12H,4-6H2,1-3H3,(H,14,15). The van der Waals surface area contributed by atoms with E-state index in [2.05, 4.69) is 24.0 Å². The SMILES string of the molecule is CCCCOC(=O)C1C(C)C1c1cn[nH]c1C. The maximum atomic E-state index is 11.9. The van der Waals surface area contributed by atoms with Crippen molar-refractivity contribution < 1.29 is 9.53 Å². The van der Waals surface area contributed by atoms with Crippen molar-refractivity contribution in [2.45, 2.75) is 39.5 Å². The molecule has 0 bridgehead atoms. The maximum Gasteiger partial charge on any atom is 0.309 e. The Balaban J connectivity index is 1.92. The Bertz CT molecular complexity index is 400. The number of hydrogen-bond donors (Lipinski definition) is 1. The highest BCUT2D eigenvalue weighted by Crippen LogP contribution is 2.54. The molecule has 4 heteroatoms. The molecule has 1 aliphatic rings. The van der Waals surface area contributed by atoms with Crippen molar-refractivity contribution in [1.29, 1.82) is 0 Å². The van der Waals surface area contributed by atoms with Gasteiger partial charge < -0.3 is 4.74 Å². The number of H-pyrrole nitrogens is 1. The van der Waals surface area contributed by atoms with Gasteiger partial charge in [-0.25, -0.2) is 0 Å². The van der Waals surface area contributed by atoms with Crippen LogP contribution in [0.1, 0.15) is 43.9 Å². The van der Waals surface area contributed by atoms with Crippen molar-refractivity contribution in [2.24, 2.45) is 11.8 Å². The number of unbranched alkanes of at least 4 members (excludes halogenated alkanes) is 1. The summed E-state index contributed by atoms with van der Waals surface area (Å²) in [5, 5.41) is 6.93. The highest BCUT2D eigenvalue weighted by atomic mass is 16.5. The Morgan fingerprint density at radius 2 is 2.35 bits per heavy atom. The van der Waals surface area contributed by atoms with Gasteiger partial charge in [-0.1, -0.05) is 20.3 Å². The van der Waals surface area contributed by atoms with Crippen molar-refractivity contribution in [3.05, 3.63) is 17.5 Å². The third-order valence-electron chi connectivity index (χ3n) is 3.62.